The van der Waals surface area contributed by atoms with Gasteiger partial charge in [-0.3, -0.25) is 0 Å². The molecule has 35 heavy (non-hydrogen) atoms. The number of piperidine rings is 1. The van der Waals surface area contributed by atoms with Crippen molar-refractivity contribution < 1.29 is 19.1 Å². The number of hydrogen-bond donors (Lipinski definition) is 0. The fourth-order valence-corrected chi connectivity index (χ4v) is 6.20. The lowest BCUT2D eigenvalue weighted by molar-refractivity contribution is 0.00667. The molecule has 5 rings (SSSR count). The molecule has 6 nitrogen and oxygen atoms in total. The lowest BCUT2D eigenvalue weighted by Crippen LogP contribution is -2.50. The summed E-state index contributed by atoms with van der Waals surface area (Å²) < 4.78 is 11.1. The van der Waals surface area contributed by atoms with Crippen molar-refractivity contribution in [2.24, 2.45) is 5.92 Å². The number of anilines is 1. The molecule has 0 saturated carbocycles. The number of ether oxygens (including phenoxy) is 2. The molecule has 0 aromatic heterocycles. The van der Waals surface area contributed by atoms with Gasteiger partial charge in [-0.15, -0.1) is 0 Å². The largest absolute Gasteiger partial charge is 0.462 e. The van der Waals surface area contributed by atoms with E-state index in [0.717, 1.165) is 41.8 Å². The Hall–Kier alpha value is -2.73. The van der Waals surface area contributed by atoms with Crippen molar-refractivity contribution in [3.05, 3.63) is 52.0 Å². The van der Waals surface area contributed by atoms with Crippen LogP contribution in [0.5, 0.6) is 0 Å². The number of fused-ring (bicyclic) bond motifs is 4. The zero-order chi connectivity index (χ0) is 24.9. The summed E-state index contributed by atoms with van der Waals surface area (Å²) in [4.78, 5) is 30.1. The number of nitrogens with zero attached hydrogens (tertiary/aromatic N) is 2. The Morgan fingerprint density at radius 3 is 2.69 bits per heavy atom. The Labute approximate surface area is 212 Å². The van der Waals surface area contributed by atoms with Gasteiger partial charge in [-0.1, -0.05) is 35.9 Å². The van der Waals surface area contributed by atoms with Crippen LogP contribution in [0.2, 0.25) is 5.02 Å². The third-order valence-electron chi connectivity index (χ3n) is 7.24. The summed E-state index contributed by atoms with van der Waals surface area (Å²) in [6.45, 7) is 10.0. The van der Waals surface area contributed by atoms with E-state index in [1.165, 1.54) is 5.56 Å². The van der Waals surface area contributed by atoms with Crippen LogP contribution in [-0.4, -0.2) is 54.8 Å². The van der Waals surface area contributed by atoms with Crippen LogP contribution in [0.3, 0.4) is 0 Å². The van der Waals surface area contributed by atoms with E-state index in [1.807, 2.05) is 44.7 Å². The highest BCUT2D eigenvalue weighted by molar-refractivity contribution is 6.34. The van der Waals surface area contributed by atoms with E-state index in [9.17, 15) is 9.59 Å². The van der Waals surface area contributed by atoms with E-state index >= 15 is 0 Å². The van der Waals surface area contributed by atoms with Gasteiger partial charge in [-0.25, -0.2) is 9.59 Å². The zero-order valence-corrected chi connectivity index (χ0v) is 21.7. The number of halogens is 1. The lowest BCUT2D eigenvalue weighted by atomic mass is 9.92. The van der Waals surface area contributed by atoms with Gasteiger partial charge in [0.1, 0.15) is 5.60 Å². The molecule has 0 spiro atoms. The summed E-state index contributed by atoms with van der Waals surface area (Å²) in [6, 6.07) is 10.1. The van der Waals surface area contributed by atoms with Gasteiger partial charge in [0.25, 0.3) is 0 Å². The van der Waals surface area contributed by atoms with Crippen molar-refractivity contribution >= 4 is 29.4 Å². The van der Waals surface area contributed by atoms with Crippen molar-refractivity contribution in [2.75, 3.05) is 31.1 Å². The Morgan fingerprint density at radius 1 is 1.17 bits per heavy atom. The van der Waals surface area contributed by atoms with Crippen LogP contribution < -0.4 is 4.90 Å². The molecule has 0 radical (unpaired) electrons. The predicted molar refractivity (Wildman–Crippen MR) is 137 cm³/mol. The minimum atomic E-state index is -0.529. The highest BCUT2D eigenvalue weighted by Gasteiger charge is 2.44. The Bertz CT molecular complexity index is 1170. The highest BCUT2D eigenvalue weighted by Crippen LogP contribution is 2.49. The van der Waals surface area contributed by atoms with Gasteiger partial charge in [0.05, 0.1) is 28.9 Å². The number of likely N-dealkylation sites (tertiary alicyclic amines) is 1. The first-order valence-electron chi connectivity index (χ1n) is 12.5. The maximum Gasteiger partial charge on any atom is 0.410 e. The van der Waals surface area contributed by atoms with Gasteiger partial charge in [0.15, 0.2) is 0 Å². The molecular formula is C28H33ClN2O4. The van der Waals surface area contributed by atoms with Crippen LogP contribution >= 0.6 is 11.6 Å². The van der Waals surface area contributed by atoms with E-state index < -0.39 is 5.60 Å². The molecule has 2 atom stereocenters. The van der Waals surface area contributed by atoms with Gasteiger partial charge in [-0.05, 0) is 75.6 Å². The van der Waals surface area contributed by atoms with E-state index in [0.29, 0.717) is 42.6 Å². The third kappa shape index (κ3) is 4.37. The second-order valence-corrected chi connectivity index (χ2v) is 11.1. The van der Waals surface area contributed by atoms with Crippen LogP contribution in [0.1, 0.15) is 62.0 Å². The fraction of sp³-hybridized carbons (Fsp3) is 0.500. The molecule has 3 aliphatic rings. The van der Waals surface area contributed by atoms with Crippen LogP contribution in [-0.2, 0) is 15.9 Å². The molecule has 0 N–H and O–H groups in total. The number of hydrogen-bond acceptors (Lipinski definition) is 5. The van der Waals surface area contributed by atoms with Crippen molar-refractivity contribution in [3.63, 3.8) is 0 Å². The molecule has 2 unspecified atom stereocenters. The number of benzene rings is 2. The number of carbonyl (C=O) groups excluding carboxylic acids is 2. The molecule has 2 saturated heterocycles. The Balaban J connectivity index is 1.53. The summed E-state index contributed by atoms with van der Waals surface area (Å²) in [5.41, 5.74) is 5.27. The molecular weight excluding hydrogens is 464 g/mol. The van der Waals surface area contributed by atoms with Gasteiger partial charge < -0.3 is 19.3 Å². The van der Waals surface area contributed by atoms with Gasteiger partial charge in [0, 0.05) is 25.2 Å². The number of amides is 1. The average molecular weight is 497 g/mol. The summed E-state index contributed by atoms with van der Waals surface area (Å²) in [5, 5.41) is 0.547. The van der Waals surface area contributed by atoms with Crippen LogP contribution in [0.4, 0.5) is 10.5 Å². The first kappa shape index (κ1) is 24.0. The molecule has 186 valence electrons. The van der Waals surface area contributed by atoms with Crippen molar-refractivity contribution in [2.45, 2.75) is 58.6 Å². The maximum absolute atomic E-state index is 13.0. The second-order valence-electron chi connectivity index (χ2n) is 10.7. The maximum atomic E-state index is 13.0. The van der Waals surface area contributed by atoms with Gasteiger partial charge in [-0.2, -0.15) is 0 Å². The fourth-order valence-electron chi connectivity index (χ4n) is 5.87. The summed E-state index contributed by atoms with van der Waals surface area (Å²) in [6.07, 6.45) is 2.46. The van der Waals surface area contributed by atoms with Crippen molar-refractivity contribution in [3.8, 4) is 11.1 Å². The van der Waals surface area contributed by atoms with Crippen LogP contribution in [0, 0.1) is 5.92 Å². The highest BCUT2D eigenvalue weighted by atomic mass is 35.5. The number of esters is 1. The molecule has 2 aromatic rings. The zero-order valence-electron chi connectivity index (χ0n) is 20.9. The van der Waals surface area contributed by atoms with Crippen molar-refractivity contribution in [1.82, 2.24) is 4.90 Å². The van der Waals surface area contributed by atoms with Crippen LogP contribution in [0.25, 0.3) is 11.1 Å². The quantitative estimate of drug-likeness (QED) is 0.421. The molecule has 2 fully saturated rings. The molecule has 1 amide bonds. The van der Waals surface area contributed by atoms with E-state index in [1.54, 1.807) is 6.07 Å². The molecule has 0 bridgehead atoms. The number of carbonyl (C=O) groups is 2. The van der Waals surface area contributed by atoms with Crippen LogP contribution in [0.15, 0.2) is 30.3 Å². The lowest BCUT2D eigenvalue weighted by Gasteiger charge is -2.37. The smallest absolute Gasteiger partial charge is 0.410 e. The normalized spacial score (nSPS) is 20.8. The van der Waals surface area contributed by atoms with E-state index in [4.69, 9.17) is 21.1 Å². The SMILES string of the molecule is CCOC(=O)c1cc(Cl)c(N2CC3CCCN(C(=O)OC(C)(C)C)C3C2)c2c1Cc1ccccc1-2. The second kappa shape index (κ2) is 9.05. The minimum absolute atomic E-state index is 0.0756. The Kier molecular flexibility index (Phi) is 6.20. The first-order chi connectivity index (χ1) is 16.7. The summed E-state index contributed by atoms with van der Waals surface area (Å²) >= 11 is 6.93. The minimum Gasteiger partial charge on any atom is -0.462 e. The third-order valence-corrected chi connectivity index (χ3v) is 7.52. The van der Waals surface area contributed by atoms with E-state index in [2.05, 4.69) is 17.0 Å². The standard InChI is InChI=1S/C28H33ClN2O4/c1-5-34-26(32)21-14-22(29)25(24-19-11-7-6-9-17(19)13-20(21)24)30-15-18-10-8-12-31(23(18)16-30)27(33)35-28(2,3)4/h6-7,9,11,14,18,23H,5,8,10,12-13,15-16H2,1-4H3. The first-order valence-corrected chi connectivity index (χ1v) is 12.9. The Morgan fingerprint density at radius 2 is 1.94 bits per heavy atom. The predicted octanol–water partition coefficient (Wildman–Crippen LogP) is 5.92. The van der Waals surface area contributed by atoms with E-state index in [-0.39, 0.29) is 18.1 Å². The topological polar surface area (TPSA) is 59.1 Å². The number of rotatable bonds is 3. The molecule has 1 aliphatic carbocycles. The summed E-state index contributed by atoms with van der Waals surface area (Å²) in [5.74, 6) is 0.0144. The molecule has 2 heterocycles. The van der Waals surface area contributed by atoms with Gasteiger partial charge >= 0.3 is 12.1 Å². The summed E-state index contributed by atoms with van der Waals surface area (Å²) in [7, 11) is 0. The molecule has 7 heteroatoms. The van der Waals surface area contributed by atoms with Crippen molar-refractivity contribution in [1.29, 1.82) is 0 Å². The molecule has 2 aromatic carbocycles. The average Bonchev–Trinajstić information content (AvgIpc) is 3.39. The van der Waals surface area contributed by atoms with Gasteiger partial charge in [0.2, 0.25) is 0 Å². The molecule has 2 aliphatic heterocycles. The monoisotopic (exact) mass is 496 g/mol.